The fourth-order valence-electron chi connectivity index (χ4n) is 1.81. The molecule has 1 amide bonds. The monoisotopic (exact) mass is 273 g/mol. The highest BCUT2D eigenvalue weighted by molar-refractivity contribution is 5.95. The largest absolute Gasteiger partial charge is 0.444 e. The Hall–Kier alpha value is -2.14. The number of nitrogens with zero attached hydrogens (tertiary/aromatic N) is 1. The summed E-state index contributed by atoms with van der Waals surface area (Å²) >= 11 is 0. The van der Waals surface area contributed by atoms with Gasteiger partial charge in [-0.05, 0) is 30.2 Å². The third-order valence-corrected chi connectivity index (χ3v) is 3.43. The summed E-state index contributed by atoms with van der Waals surface area (Å²) in [5, 5.41) is 2.82. The molecule has 5 nitrogen and oxygen atoms in total. The van der Waals surface area contributed by atoms with Crippen molar-refractivity contribution < 1.29 is 9.21 Å². The third kappa shape index (κ3) is 3.24. The number of oxazole rings is 1. The standard InChI is InChI=1S/C15H19N3O2/c1-3-10(2)14(16)15(19)18-12-6-4-11(5-7-12)13-8-17-9-20-13/h4-10,14H,3,16H2,1-2H3,(H,18,19). The van der Waals surface area contributed by atoms with Gasteiger partial charge in [-0.3, -0.25) is 4.79 Å². The van der Waals surface area contributed by atoms with E-state index in [1.54, 1.807) is 6.20 Å². The molecule has 106 valence electrons. The lowest BCUT2D eigenvalue weighted by atomic mass is 9.99. The average Bonchev–Trinajstić information content (AvgIpc) is 3.00. The minimum absolute atomic E-state index is 0.156. The first-order chi connectivity index (χ1) is 9.61. The van der Waals surface area contributed by atoms with Gasteiger partial charge in [-0.25, -0.2) is 4.98 Å². The van der Waals surface area contributed by atoms with Gasteiger partial charge in [0.25, 0.3) is 0 Å². The Kier molecular flexibility index (Phi) is 4.53. The van der Waals surface area contributed by atoms with Crippen molar-refractivity contribution in [3.63, 3.8) is 0 Å². The number of carbonyl (C=O) groups is 1. The molecule has 2 unspecified atom stereocenters. The van der Waals surface area contributed by atoms with Crippen molar-refractivity contribution in [2.24, 2.45) is 11.7 Å². The molecule has 2 aromatic rings. The van der Waals surface area contributed by atoms with E-state index in [9.17, 15) is 4.79 Å². The fourth-order valence-corrected chi connectivity index (χ4v) is 1.81. The molecule has 1 aromatic heterocycles. The predicted octanol–water partition coefficient (Wildman–Crippen LogP) is 2.65. The van der Waals surface area contributed by atoms with E-state index >= 15 is 0 Å². The van der Waals surface area contributed by atoms with Crippen molar-refractivity contribution in [2.45, 2.75) is 26.3 Å². The molecule has 0 aliphatic heterocycles. The first-order valence-corrected chi connectivity index (χ1v) is 6.67. The van der Waals surface area contributed by atoms with Gasteiger partial charge < -0.3 is 15.5 Å². The molecule has 3 N–H and O–H groups in total. The SMILES string of the molecule is CCC(C)C(N)C(=O)Nc1ccc(-c2cnco2)cc1. The fraction of sp³-hybridized carbons (Fsp3) is 0.333. The first kappa shape index (κ1) is 14.3. The number of nitrogens with one attached hydrogen (secondary N) is 1. The van der Waals surface area contributed by atoms with Crippen molar-refractivity contribution in [1.82, 2.24) is 4.98 Å². The summed E-state index contributed by atoms with van der Waals surface area (Å²) in [6, 6.07) is 6.88. The minimum atomic E-state index is -0.492. The summed E-state index contributed by atoms with van der Waals surface area (Å²) < 4.78 is 5.21. The second-order valence-electron chi connectivity index (χ2n) is 4.84. The van der Waals surface area contributed by atoms with E-state index in [-0.39, 0.29) is 11.8 Å². The predicted molar refractivity (Wildman–Crippen MR) is 78.0 cm³/mol. The Bertz CT molecular complexity index is 549. The number of benzene rings is 1. The van der Waals surface area contributed by atoms with Gasteiger partial charge >= 0.3 is 0 Å². The zero-order valence-electron chi connectivity index (χ0n) is 11.7. The van der Waals surface area contributed by atoms with Crippen LogP contribution in [0.25, 0.3) is 11.3 Å². The van der Waals surface area contributed by atoms with Crippen LogP contribution in [0.3, 0.4) is 0 Å². The number of amides is 1. The van der Waals surface area contributed by atoms with Crippen LogP contribution in [0, 0.1) is 5.92 Å². The van der Waals surface area contributed by atoms with Crippen molar-refractivity contribution in [2.75, 3.05) is 5.32 Å². The number of nitrogens with two attached hydrogens (primary N) is 1. The van der Waals surface area contributed by atoms with Gasteiger partial charge in [-0.2, -0.15) is 0 Å². The summed E-state index contributed by atoms with van der Waals surface area (Å²) in [5.74, 6) is 0.689. The molecule has 2 atom stereocenters. The van der Waals surface area contributed by atoms with E-state index in [1.165, 1.54) is 6.39 Å². The van der Waals surface area contributed by atoms with Gasteiger partial charge in [-0.1, -0.05) is 20.3 Å². The number of carbonyl (C=O) groups excluding carboxylic acids is 1. The van der Waals surface area contributed by atoms with Crippen molar-refractivity contribution in [3.8, 4) is 11.3 Å². The summed E-state index contributed by atoms with van der Waals surface area (Å²) in [6.07, 6.45) is 3.90. The molecule has 20 heavy (non-hydrogen) atoms. The second-order valence-corrected chi connectivity index (χ2v) is 4.84. The van der Waals surface area contributed by atoms with E-state index in [0.717, 1.165) is 17.7 Å². The van der Waals surface area contributed by atoms with Gasteiger partial charge in [0.15, 0.2) is 12.2 Å². The van der Waals surface area contributed by atoms with Gasteiger partial charge in [0.1, 0.15) is 0 Å². The molecular weight excluding hydrogens is 254 g/mol. The van der Waals surface area contributed by atoms with E-state index in [1.807, 2.05) is 38.1 Å². The first-order valence-electron chi connectivity index (χ1n) is 6.67. The van der Waals surface area contributed by atoms with E-state index in [2.05, 4.69) is 10.3 Å². The Morgan fingerprint density at radius 2 is 2.10 bits per heavy atom. The maximum Gasteiger partial charge on any atom is 0.241 e. The summed E-state index contributed by atoms with van der Waals surface area (Å²) in [5.41, 5.74) is 7.52. The maximum absolute atomic E-state index is 12.0. The van der Waals surface area contributed by atoms with Crippen LogP contribution in [-0.2, 0) is 4.79 Å². The van der Waals surface area contributed by atoms with Crippen LogP contribution in [0.1, 0.15) is 20.3 Å². The quantitative estimate of drug-likeness (QED) is 0.877. The Labute approximate surface area is 118 Å². The van der Waals surface area contributed by atoms with E-state index < -0.39 is 6.04 Å². The van der Waals surface area contributed by atoms with Crippen LogP contribution < -0.4 is 11.1 Å². The smallest absolute Gasteiger partial charge is 0.241 e. The van der Waals surface area contributed by atoms with Gasteiger partial charge in [-0.15, -0.1) is 0 Å². The summed E-state index contributed by atoms with van der Waals surface area (Å²) in [4.78, 5) is 15.8. The zero-order valence-corrected chi connectivity index (χ0v) is 11.7. The van der Waals surface area contributed by atoms with Crippen LogP contribution in [0.2, 0.25) is 0 Å². The zero-order chi connectivity index (χ0) is 14.5. The Morgan fingerprint density at radius 3 is 2.65 bits per heavy atom. The van der Waals surface area contributed by atoms with Gasteiger partial charge in [0.05, 0.1) is 12.2 Å². The molecular formula is C15H19N3O2. The maximum atomic E-state index is 12.0. The Morgan fingerprint density at radius 1 is 1.40 bits per heavy atom. The number of rotatable bonds is 5. The molecule has 0 aliphatic rings. The summed E-state index contributed by atoms with van der Waals surface area (Å²) in [6.45, 7) is 3.99. The van der Waals surface area contributed by atoms with Crippen LogP contribution in [0.15, 0.2) is 41.3 Å². The second kappa shape index (κ2) is 6.34. The van der Waals surface area contributed by atoms with E-state index in [0.29, 0.717) is 5.76 Å². The molecule has 0 aliphatic carbocycles. The normalized spacial score (nSPS) is 13.8. The molecule has 0 radical (unpaired) electrons. The lowest BCUT2D eigenvalue weighted by molar-refractivity contribution is -0.118. The van der Waals surface area contributed by atoms with Crippen LogP contribution in [-0.4, -0.2) is 16.9 Å². The van der Waals surface area contributed by atoms with E-state index in [4.69, 9.17) is 10.2 Å². The van der Waals surface area contributed by atoms with Gasteiger partial charge in [0, 0.05) is 11.3 Å². The molecule has 0 fully saturated rings. The molecule has 1 heterocycles. The topological polar surface area (TPSA) is 81.2 Å². The number of hydrogen-bond acceptors (Lipinski definition) is 4. The van der Waals surface area contributed by atoms with Crippen LogP contribution in [0.4, 0.5) is 5.69 Å². The van der Waals surface area contributed by atoms with Crippen LogP contribution >= 0.6 is 0 Å². The highest BCUT2D eigenvalue weighted by Gasteiger charge is 2.19. The van der Waals surface area contributed by atoms with Crippen molar-refractivity contribution in [3.05, 3.63) is 36.9 Å². The third-order valence-electron chi connectivity index (χ3n) is 3.43. The molecule has 5 heteroatoms. The highest BCUT2D eigenvalue weighted by atomic mass is 16.3. The lowest BCUT2D eigenvalue weighted by Gasteiger charge is -2.17. The molecule has 0 saturated carbocycles. The number of hydrogen-bond donors (Lipinski definition) is 2. The van der Waals surface area contributed by atoms with Crippen molar-refractivity contribution in [1.29, 1.82) is 0 Å². The highest BCUT2D eigenvalue weighted by Crippen LogP contribution is 2.21. The molecule has 1 aromatic carbocycles. The van der Waals surface area contributed by atoms with Crippen molar-refractivity contribution >= 4 is 11.6 Å². The lowest BCUT2D eigenvalue weighted by Crippen LogP contribution is -2.40. The number of anilines is 1. The molecule has 0 spiro atoms. The van der Waals surface area contributed by atoms with Gasteiger partial charge in [0.2, 0.25) is 5.91 Å². The van der Waals surface area contributed by atoms with Crippen LogP contribution in [0.5, 0.6) is 0 Å². The molecule has 0 saturated heterocycles. The average molecular weight is 273 g/mol. The molecule has 2 rings (SSSR count). The number of aromatic nitrogens is 1. The molecule has 0 bridgehead atoms. The summed E-state index contributed by atoms with van der Waals surface area (Å²) in [7, 11) is 0. The minimum Gasteiger partial charge on any atom is -0.444 e. The Balaban J connectivity index is 2.02.